The number of fused-ring (bicyclic) bond motifs is 1. The summed E-state index contributed by atoms with van der Waals surface area (Å²) in [5.74, 6) is -1.75. The number of nitrogens with zero attached hydrogens (tertiary/aromatic N) is 6. The van der Waals surface area contributed by atoms with E-state index in [0.29, 0.717) is 5.69 Å². The van der Waals surface area contributed by atoms with E-state index in [4.69, 9.17) is 0 Å². The second-order valence-electron chi connectivity index (χ2n) is 6.74. The molecule has 0 saturated heterocycles. The molecule has 4 aromatic heterocycles. The summed E-state index contributed by atoms with van der Waals surface area (Å²) in [5.41, 5.74) is 4.25. The van der Waals surface area contributed by atoms with Gasteiger partial charge >= 0.3 is 0 Å². The fraction of sp³-hybridized carbons (Fsp3) is 0.100. The largest absolute Gasteiger partial charge is 0.345 e. The first-order valence-electron chi connectivity index (χ1n) is 8.88. The lowest BCUT2D eigenvalue weighted by Crippen LogP contribution is -2.03. The third-order valence-corrected chi connectivity index (χ3v) is 4.75. The van der Waals surface area contributed by atoms with E-state index in [-0.39, 0.29) is 12.1 Å². The van der Waals surface area contributed by atoms with Crippen LogP contribution in [0.25, 0.3) is 33.4 Å². The maximum atomic E-state index is 13.9. The molecule has 0 amide bonds. The van der Waals surface area contributed by atoms with Crippen LogP contribution in [0.1, 0.15) is 5.56 Å². The van der Waals surface area contributed by atoms with E-state index in [1.165, 1.54) is 16.8 Å². The van der Waals surface area contributed by atoms with Crippen molar-refractivity contribution in [3.63, 3.8) is 0 Å². The molecule has 29 heavy (non-hydrogen) atoms. The Balaban J connectivity index is 1.50. The van der Waals surface area contributed by atoms with Gasteiger partial charge in [0.15, 0.2) is 11.6 Å². The second-order valence-corrected chi connectivity index (χ2v) is 6.74. The molecule has 5 aromatic rings. The van der Waals surface area contributed by atoms with Crippen molar-refractivity contribution >= 4 is 11.0 Å². The standard InChI is InChI=1S/C20H15F2N7/c1-28-9-14(7-25-28)13-5-15-16(8-24-20(15)23-6-13)18-11-29(27-26-18)10-12-3-2-4-17(21)19(12)22/h2-9,11H,10H2,1H3,(H,23,24). The van der Waals surface area contributed by atoms with Gasteiger partial charge in [-0.1, -0.05) is 17.3 Å². The van der Waals surface area contributed by atoms with E-state index in [2.05, 4.69) is 25.4 Å². The van der Waals surface area contributed by atoms with Crippen LogP contribution in [0.2, 0.25) is 0 Å². The normalized spacial score (nSPS) is 11.4. The Kier molecular flexibility index (Phi) is 3.94. The van der Waals surface area contributed by atoms with Crippen molar-refractivity contribution in [3.8, 4) is 22.4 Å². The van der Waals surface area contributed by atoms with Gasteiger partial charge in [0, 0.05) is 53.3 Å². The van der Waals surface area contributed by atoms with E-state index in [1.807, 2.05) is 25.5 Å². The third-order valence-electron chi connectivity index (χ3n) is 4.75. The molecule has 0 unspecified atom stereocenters. The first-order valence-corrected chi connectivity index (χ1v) is 8.88. The first-order chi connectivity index (χ1) is 14.1. The van der Waals surface area contributed by atoms with Crippen molar-refractivity contribution < 1.29 is 8.78 Å². The van der Waals surface area contributed by atoms with E-state index >= 15 is 0 Å². The van der Waals surface area contributed by atoms with Gasteiger partial charge in [0.25, 0.3) is 0 Å². The van der Waals surface area contributed by atoms with E-state index < -0.39 is 11.6 Å². The van der Waals surface area contributed by atoms with Crippen LogP contribution in [0.3, 0.4) is 0 Å². The molecular formula is C20H15F2N7. The SMILES string of the molecule is Cn1cc(-c2cnc3[nH]cc(-c4cn(Cc5cccc(F)c5F)nn4)c3c2)cn1. The predicted octanol–water partition coefficient (Wildman–Crippen LogP) is 3.55. The molecule has 0 spiro atoms. The lowest BCUT2D eigenvalue weighted by atomic mass is 10.1. The van der Waals surface area contributed by atoms with Crippen LogP contribution in [-0.2, 0) is 13.6 Å². The van der Waals surface area contributed by atoms with Crippen LogP contribution in [0.4, 0.5) is 8.78 Å². The molecule has 0 aliphatic carbocycles. The number of aryl methyl sites for hydroxylation is 1. The molecule has 5 rings (SSSR count). The highest BCUT2D eigenvalue weighted by Gasteiger charge is 2.14. The minimum Gasteiger partial charge on any atom is -0.345 e. The molecule has 0 radical (unpaired) electrons. The zero-order valence-corrected chi connectivity index (χ0v) is 15.3. The summed E-state index contributed by atoms with van der Waals surface area (Å²) in [4.78, 5) is 7.60. The van der Waals surface area contributed by atoms with Gasteiger partial charge in [-0.3, -0.25) is 4.68 Å². The maximum Gasteiger partial charge on any atom is 0.163 e. The van der Waals surface area contributed by atoms with Gasteiger partial charge in [-0.25, -0.2) is 18.4 Å². The van der Waals surface area contributed by atoms with Crippen molar-refractivity contribution in [1.82, 2.24) is 34.7 Å². The van der Waals surface area contributed by atoms with Crippen LogP contribution >= 0.6 is 0 Å². The van der Waals surface area contributed by atoms with Crippen LogP contribution in [0.15, 0.2) is 55.2 Å². The summed E-state index contributed by atoms with van der Waals surface area (Å²) in [5, 5.41) is 13.3. The minimum absolute atomic E-state index is 0.0815. The number of H-pyrrole nitrogens is 1. The summed E-state index contributed by atoms with van der Waals surface area (Å²) >= 11 is 0. The first kappa shape index (κ1) is 17.2. The molecule has 0 aliphatic heterocycles. The molecule has 4 heterocycles. The van der Waals surface area contributed by atoms with Gasteiger partial charge in [0.2, 0.25) is 0 Å². The fourth-order valence-corrected chi connectivity index (χ4v) is 3.29. The number of halogens is 2. The molecule has 0 saturated carbocycles. The van der Waals surface area contributed by atoms with Crippen LogP contribution in [0, 0.1) is 11.6 Å². The maximum absolute atomic E-state index is 13.9. The number of aromatic nitrogens is 7. The Morgan fingerprint density at radius 2 is 2.00 bits per heavy atom. The Bertz CT molecular complexity index is 1330. The Morgan fingerprint density at radius 3 is 2.83 bits per heavy atom. The lowest BCUT2D eigenvalue weighted by molar-refractivity contribution is 0.490. The summed E-state index contributed by atoms with van der Waals surface area (Å²) in [6.45, 7) is 0.0815. The molecule has 0 bridgehead atoms. The Labute approximate surface area is 163 Å². The van der Waals surface area contributed by atoms with Crippen molar-refractivity contribution in [2.75, 3.05) is 0 Å². The Morgan fingerprint density at radius 1 is 1.10 bits per heavy atom. The number of hydrogen-bond acceptors (Lipinski definition) is 4. The predicted molar refractivity (Wildman–Crippen MR) is 103 cm³/mol. The van der Waals surface area contributed by atoms with Gasteiger partial charge in [-0.2, -0.15) is 5.10 Å². The monoisotopic (exact) mass is 391 g/mol. The smallest absolute Gasteiger partial charge is 0.163 e. The van der Waals surface area contributed by atoms with Gasteiger partial charge in [-0.05, 0) is 12.1 Å². The zero-order chi connectivity index (χ0) is 20.0. The number of aromatic amines is 1. The summed E-state index contributed by atoms with van der Waals surface area (Å²) in [6, 6.07) is 6.09. The molecule has 144 valence electrons. The summed E-state index contributed by atoms with van der Waals surface area (Å²) < 4.78 is 30.6. The Hall–Kier alpha value is -3.88. The average molecular weight is 391 g/mol. The average Bonchev–Trinajstić information content (AvgIpc) is 3.44. The van der Waals surface area contributed by atoms with E-state index in [9.17, 15) is 8.78 Å². The third kappa shape index (κ3) is 3.06. The number of rotatable bonds is 4. The zero-order valence-electron chi connectivity index (χ0n) is 15.3. The van der Waals surface area contributed by atoms with Crippen molar-refractivity contribution in [1.29, 1.82) is 0 Å². The summed E-state index contributed by atoms with van der Waals surface area (Å²) in [6.07, 6.45) is 8.98. The van der Waals surface area contributed by atoms with Gasteiger partial charge < -0.3 is 4.98 Å². The molecule has 1 N–H and O–H groups in total. The van der Waals surface area contributed by atoms with Crippen molar-refractivity contribution in [2.45, 2.75) is 6.54 Å². The number of pyridine rings is 1. The molecular weight excluding hydrogens is 376 g/mol. The molecule has 1 aromatic carbocycles. The quantitative estimate of drug-likeness (QED) is 0.508. The minimum atomic E-state index is -0.881. The van der Waals surface area contributed by atoms with Crippen LogP contribution in [-0.4, -0.2) is 34.7 Å². The van der Waals surface area contributed by atoms with E-state index in [0.717, 1.165) is 33.8 Å². The highest BCUT2D eigenvalue weighted by molar-refractivity contribution is 5.94. The summed E-state index contributed by atoms with van der Waals surface area (Å²) in [7, 11) is 1.86. The number of nitrogens with one attached hydrogen (secondary N) is 1. The number of hydrogen-bond donors (Lipinski definition) is 1. The molecule has 9 heteroatoms. The molecule has 0 atom stereocenters. The molecule has 0 aliphatic rings. The molecule has 7 nitrogen and oxygen atoms in total. The van der Waals surface area contributed by atoms with Crippen LogP contribution in [0.5, 0.6) is 0 Å². The second kappa shape index (κ2) is 6.62. The van der Waals surface area contributed by atoms with Gasteiger partial charge in [0.1, 0.15) is 11.3 Å². The van der Waals surface area contributed by atoms with Crippen molar-refractivity contribution in [2.24, 2.45) is 7.05 Å². The van der Waals surface area contributed by atoms with Gasteiger partial charge in [0.05, 0.1) is 18.9 Å². The lowest BCUT2D eigenvalue weighted by Gasteiger charge is -2.03. The highest BCUT2D eigenvalue weighted by Crippen LogP contribution is 2.29. The van der Waals surface area contributed by atoms with E-state index in [1.54, 1.807) is 23.3 Å². The topological polar surface area (TPSA) is 77.2 Å². The van der Waals surface area contributed by atoms with Crippen LogP contribution < -0.4 is 0 Å². The number of benzene rings is 1. The highest BCUT2D eigenvalue weighted by atomic mass is 19.2. The van der Waals surface area contributed by atoms with Crippen molar-refractivity contribution in [3.05, 3.63) is 72.4 Å². The molecule has 0 fully saturated rings. The fourth-order valence-electron chi connectivity index (χ4n) is 3.29. The van der Waals surface area contributed by atoms with Gasteiger partial charge in [-0.15, -0.1) is 5.10 Å².